The fraction of sp³-hybridized carbons (Fsp3) is 0.292. The van der Waals surface area contributed by atoms with E-state index < -0.39 is 0 Å². The first-order valence-electron chi connectivity index (χ1n) is 10.2. The summed E-state index contributed by atoms with van der Waals surface area (Å²) in [6.07, 6.45) is 0.336. The van der Waals surface area contributed by atoms with E-state index in [2.05, 4.69) is 4.98 Å². The van der Waals surface area contributed by atoms with Crippen molar-refractivity contribution in [3.05, 3.63) is 70.4 Å². The molecule has 0 atom stereocenters. The molecule has 0 bridgehead atoms. The zero-order valence-corrected chi connectivity index (χ0v) is 18.4. The van der Waals surface area contributed by atoms with Crippen LogP contribution in [-0.4, -0.2) is 59.9 Å². The maximum atomic E-state index is 13.1. The average molecular weight is 438 g/mol. The van der Waals surface area contributed by atoms with Crippen LogP contribution < -0.4 is 4.74 Å². The molecule has 4 rings (SSSR count). The number of aryl methyl sites for hydroxylation is 1. The second-order valence-corrected chi connectivity index (χ2v) is 8.09. The van der Waals surface area contributed by atoms with Gasteiger partial charge in [0, 0.05) is 42.7 Å². The van der Waals surface area contributed by atoms with Crippen LogP contribution in [0.4, 0.5) is 0 Å². The molecule has 31 heavy (non-hydrogen) atoms. The van der Waals surface area contributed by atoms with Crippen LogP contribution in [0, 0.1) is 6.92 Å². The van der Waals surface area contributed by atoms with Crippen LogP contribution in [-0.2, 0) is 11.2 Å². The lowest BCUT2D eigenvalue weighted by atomic mass is 10.1. The Morgan fingerprint density at radius 2 is 1.68 bits per heavy atom. The topological polar surface area (TPSA) is 62.7 Å². The number of fused-ring (bicyclic) bond motifs is 1. The zero-order chi connectivity index (χ0) is 22.0. The van der Waals surface area contributed by atoms with E-state index in [-0.39, 0.29) is 11.8 Å². The van der Waals surface area contributed by atoms with Gasteiger partial charge in [-0.25, -0.2) is 0 Å². The number of hydrogen-bond donors (Lipinski definition) is 0. The number of halogens is 1. The number of piperazine rings is 1. The molecule has 0 N–H and O–H groups in total. The minimum absolute atomic E-state index is 0.0486. The number of hydrogen-bond acceptors (Lipinski definition) is 4. The van der Waals surface area contributed by atoms with Gasteiger partial charge in [0.2, 0.25) is 5.91 Å². The number of ether oxygens (including phenoxy) is 1. The van der Waals surface area contributed by atoms with E-state index in [0.29, 0.717) is 48.9 Å². The highest BCUT2D eigenvalue weighted by Gasteiger charge is 2.26. The molecule has 3 aromatic rings. The van der Waals surface area contributed by atoms with Gasteiger partial charge in [-0.05, 0) is 42.8 Å². The fourth-order valence-corrected chi connectivity index (χ4v) is 3.93. The summed E-state index contributed by atoms with van der Waals surface area (Å²) in [7, 11) is 1.62. The Bertz CT molecular complexity index is 1120. The predicted octanol–water partition coefficient (Wildman–Crippen LogP) is 3.73. The smallest absolute Gasteiger partial charge is 0.255 e. The number of rotatable bonds is 4. The largest absolute Gasteiger partial charge is 0.497 e. The van der Waals surface area contributed by atoms with Gasteiger partial charge in [-0.3, -0.25) is 14.6 Å². The van der Waals surface area contributed by atoms with Gasteiger partial charge in [0.25, 0.3) is 5.91 Å². The van der Waals surface area contributed by atoms with Crippen LogP contribution in [0.5, 0.6) is 5.75 Å². The first-order valence-corrected chi connectivity index (χ1v) is 10.6. The Kier molecular flexibility index (Phi) is 6.09. The second kappa shape index (κ2) is 8.94. The summed E-state index contributed by atoms with van der Waals surface area (Å²) in [6.45, 7) is 3.90. The number of pyridine rings is 1. The van der Waals surface area contributed by atoms with Crippen LogP contribution in [0.1, 0.15) is 21.6 Å². The summed E-state index contributed by atoms with van der Waals surface area (Å²) in [4.78, 5) is 34.0. The molecule has 2 aromatic carbocycles. The summed E-state index contributed by atoms with van der Waals surface area (Å²) >= 11 is 5.91. The Morgan fingerprint density at radius 1 is 1.00 bits per heavy atom. The van der Waals surface area contributed by atoms with E-state index in [4.69, 9.17) is 16.3 Å². The number of benzene rings is 2. The number of carbonyl (C=O) groups is 2. The Hall–Kier alpha value is -3.12. The lowest BCUT2D eigenvalue weighted by Crippen LogP contribution is -2.51. The monoisotopic (exact) mass is 437 g/mol. The van der Waals surface area contributed by atoms with Crippen molar-refractivity contribution in [3.63, 3.8) is 0 Å². The van der Waals surface area contributed by atoms with Gasteiger partial charge in [-0.1, -0.05) is 23.7 Å². The van der Waals surface area contributed by atoms with Crippen LogP contribution in [0.15, 0.2) is 48.5 Å². The molecular weight excluding hydrogens is 414 g/mol. The molecule has 1 saturated heterocycles. The predicted molar refractivity (Wildman–Crippen MR) is 121 cm³/mol. The van der Waals surface area contributed by atoms with Crippen LogP contribution in [0.2, 0.25) is 5.02 Å². The summed E-state index contributed by atoms with van der Waals surface area (Å²) in [6, 6.07) is 14.8. The van der Waals surface area contributed by atoms with E-state index in [1.54, 1.807) is 24.1 Å². The van der Waals surface area contributed by atoms with Crippen molar-refractivity contribution in [2.45, 2.75) is 13.3 Å². The zero-order valence-electron chi connectivity index (χ0n) is 17.6. The maximum Gasteiger partial charge on any atom is 0.255 e. The van der Waals surface area contributed by atoms with E-state index >= 15 is 0 Å². The SMILES string of the molecule is COc1ccc2cc(C(=O)N3CCN(C(=O)Cc4ccc(Cl)cc4)CC3)c(C)nc2c1. The Morgan fingerprint density at radius 3 is 2.35 bits per heavy atom. The van der Waals surface area contributed by atoms with Gasteiger partial charge < -0.3 is 14.5 Å². The molecule has 6 nitrogen and oxygen atoms in total. The first kappa shape index (κ1) is 21.1. The number of aromatic nitrogens is 1. The quantitative estimate of drug-likeness (QED) is 0.624. The lowest BCUT2D eigenvalue weighted by Gasteiger charge is -2.35. The van der Waals surface area contributed by atoms with Crippen LogP contribution >= 0.6 is 11.6 Å². The highest BCUT2D eigenvalue weighted by molar-refractivity contribution is 6.30. The molecule has 0 spiro atoms. The maximum absolute atomic E-state index is 13.1. The Labute approximate surface area is 186 Å². The fourth-order valence-electron chi connectivity index (χ4n) is 3.80. The molecule has 2 heterocycles. The molecule has 2 amide bonds. The summed E-state index contributed by atoms with van der Waals surface area (Å²) in [5, 5.41) is 1.55. The third-order valence-electron chi connectivity index (χ3n) is 5.63. The van der Waals surface area contributed by atoms with Crippen molar-refractivity contribution in [1.82, 2.24) is 14.8 Å². The highest BCUT2D eigenvalue weighted by atomic mass is 35.5. The number of amides is 2. The molecular formula is C24H24ClN3O3. The van der Waals surface area contributed by atoms with Gasteiger partial charge in [0.05, 0.1) is 30.3 Å². The molecule has 1 aliphatic rings. The normalized spacial score (nSPS) is 14.0. The standard InChI is InChI=1S/C24H24ClN3O3/c1-16-21(14-18-5-8-20(31-2)15-22(18)26-16)24(30)28-11-9-27(10-12-28)23(29)13-17-3-6-19(25)7-4-17/h3-8,14-15H,9-13H2,1-2H3. The number of methoxy groups -OCH3 is 1. The van der Waals surface area contributed by atoms with Gasteiger partial charge in [-0.2, -0.15) is 0 Å². The van der Waals surface area contributed by atoms with Gasteiger partial charge in [-0.15, -0.1) is 0 Å². The van der Waals surface area contributed by atoms with Crippen molar-refractivity contribution >= 4 is 34.3 Å². The summed E-state index contributed by atoms with van der Waals surface area (Å²) in [5.74, 6) is 0.748. The van der Waals surface area contributed by atoms with E-state index in [0.717, 1.165) is 22.2 Å². The van der Waals surface area contributed by atoms with E-state index in [1.165, 1.54) is 0 Å². The molecule has 1 aliphatic heterocycles. The van der Waals surface area contributed by atoms with Crippen molar-refractivity contribution in [3.8, 4) is 5.75 Å². The van der Waals surface area contributed by atoms with E-state index in [9.17, 15) is 9.59 Å². The van der Waals surface area contributed by atoms with Crippen molar-refractivity contribution in [2.24, 2.45) is 0 Å². The van der Waals surface area contributed by atoms with Crippen molar-refractivity contribution in [2.75, 3.05) is 33.3 Å². The molecule has 0 saturated carbocycles. The molecule has 1 fully saturated rings. The summed E-state index contributed by atoms with van der Waals surface area (Å²) in [5.41, 5.74) is 3.01. The van der Waals surface area contributed by atoms with Crippen LogP contribution in [0.3, 0.4) is 0 Å². The molecule has 0 unspecified atom stereocenters. The lowest BCUT2D eigenvalue weighted by molar-refractivity contribution is -0.131. The highest BCUT2D eigenvalue weighted by Crippen LogP contribution is 2.23. The number of nitrogens with zero attached hydrogens (tertiary/aromatic N) is 3. The van der Waals surface area contributed by atoms with Gasteiger partial charge >= 0.3 is 0 Å². The van der Waals surface area contributed by atoms with E-state index in [1.807, 2.05) is 48.2 Å². The second-order valence-electron chi connectivity index (χ2n) is 7.66. The van der Waals surface area contributed by atoms with Gasteiger partial charge in [0.15, 0.2) is 0 Å². The molecule has 160 valence electrons. The van der Waals surface area contributed by atoms with Gasteiger partial charge in [0.1, 0.15) is 5.75 Å². The molecule has 1 aromatic heterocycles. The number of carbonyl (C=O) groups excluding carboxylic acids is 2. The third-order valence-corrected chi connectivity index (χ3v) is 5.89. The van der Waals surface area contributed by atoms with Crippen molar-refractivity contribution in [1.29, 1.82) is 0 Å². The van der Waals surface area contributed by atoms with Crippen molar-refractivity contribution < 1.29 is 14.3 Å². The first-order chi connectivity index (χ1) is 14.9. The minimum Gasteiger partial charge on any atom is -0.497 e. The molecule has 0 radical (unpaired) electrons. The summed E-state index contributed by atoms with van der Waals surface area (Å²) < 4.78 is 5.25. The molecule has 7 heteroatoms. The third kappa shape index (κ3) is 4.64. The van der Waals surface area contributed by atoms with Crippen LogP contribution in [0.25, 0.3) is 10.9 Å². The average Bonchev–Trinajstić information content (AvgIpc) is 2.79. The molecule has 0 aliphatic carbocycles. The minimum atomic E-state index is -0.0486. The Balaban J connectivity index is 1.41.